The lowest BCUT2D eigenvalue weighted by Crippen LogP contribution is -2.00. The van der Waals surface area contributed by atoms with E-state index >= 15 is 0 Å². The van der Waals surface area contributed by atoms with Crippen LogP contribution in [0.1, 0.15) is 11.1 Å². The summed E-state index contributed by atoms with van der Waals surface area (Å²) in [7, 11) is 1.54. The van der Waals surface area contributed by atoms with Gasteiger partial charge < -0.3 is 9.84 Å². The molecule has 1 N–H and O–H groups in total. The van der Waals surface area contributed by atoms with Crippen LogP contribution in [-0.2, 0) is 9.53 Å². The summed E-state index contributed by atoms with van der Waals surface area (Å²) in [6.07, 6.45) is 1.18. The summed E-state index contributed by atoms with van der Waals surface area (Å²) in [5.41, 5.74) is 2.57. The molecule has 0 bridgehead atoms. The number of aliphatic carboxylic acids is 1. The van der Waals surface area contributed by atoms with Gasteiger partial charge in [-0.3, -0.25) is 0 Å². The van der Waals surface area contributed by atoms with Crippen LogP contribution in [0.5, 0.6) is 0 Å². The number of carbonyl (C=O) groups is 1. The number of aryl methyl sites for hydroxylation is 1. The Bertz CT molecular complexity index is 424. The second-order valence-corrected chi connectivity index (χ2v) is 4.32. The third-order valence-electron chi connectivity index (χ3n) is 2.14. The zero-order chi connectivity index (χ0) is 12.1. The van der Waals surface area contributed by atoms with Crippen molar-refractivity contribution < 1.29 is 14.6 Å². The second kappa shape index (κ2) is 5.82. The first kappa shape index (κ1) is 12.9. The van der Waals surface area contributed by atoms with E-state index in [0.29, 0.717) is 5.57 Å². The summed E-state index contributed by atoms with van der Waals surface area (Å²) < 4.78 is 5.92. The lowest BCUT2D eigenvalue weighted by molar-refractivity contribution is -0.131. The summed E-state index contributed by atoms with van der Waals surface area (Å²) >= 11 is 3.37. The van der Waals surface area contributed by atoms with E-state index in [1.54, 1.807) is 7.11 Å². The van der Waals surface area contributed by atoms with Crippen molar-refractivity contribution in [2.75, 3.05) is 13.7 Å². The van der Waals surface area contributed by atoms with E-state index in [1.807, 2.05) is 25.1 Å². The van der Waals surface area contributed by atoms with Crippen molar-refractivity contribution in [1.82, 2.24) is 0 Å². The molecule has 0 spiro atoms. The molecule has 0 heterocycles. The number of rotatable bonds is 4. The molecule has 0 aromatic heterocycles. The van der Waals surface area contributed by atoms with Crippen molar-refractivity contribution in [3.63, 3.8) is 0 Å². The van der Waals surface area contributed by atoms with Crippen LogP contribution in [0, 0.1) is 6.92 Å². The topological polar surface area (TPSA) is 46.5 Å². The van der Waals surface area contributed by atoms with Gasteiger partial charge in [-0.25, -0.2) is 4.79 Å². The molecule has 4 heteroatoms. The predicted octanol–water partition coefficient (Wildman–Crippen LogP) is 2.87. The van der Waals surface area contributed by atoms with Crippen LogP contribution in [0.3, 0.4) is 0 Å². The third-order valence-corrected chi connectivity index (χ3v) is 2.64. The zero-order valence-corrected chi connectivity index (χ0v) is 10.7. The van der Waals surface area contributed by atoms with Gasteiger partial charge in [0.25, 0.3) is 0 Å². The maximum atomic E-state index is 10.7. The fourth-order valence-electron chi connectivity index (χ4n) is 1.44. The average Bonchev–Trinajstić information content (AvgIpc) is 2.20. The lowest BCUT2D eigenvalue weighted by Gasteiger charge is -2.10. The molecular weight excluding hydrogens is 272 g/mol. The molecule has 16 heavy (non-hydrogen) atoms. The summed E-state index contributed by atoms with van der Waals surface area (Å²) in [5, 5.41) is 8.79. The third kappa shape index (κ3) is 3.47. The highest BCUT2D eigenvalue weighted by atomic mass is 79.9. The molecule has 0 saturated heterocycles. The highest BCUT2D eigenvalue weighted by Crippen LogP contribution is 2.23. The van der Waals surface area contributed by atoms with E-state index in [0.717, 1.165) is 15.6 Å². The Balaban J connectivity index is 3.20. The van der Waals surface area contributed by atoms with E-state index in [1.165, 1.54) is 6.08 Å². The average molecular weight is 285 g/mol. The molecule has 0 radical (unpaired) electrons. The van der Waals surface area contributed by atoms with Crippen LogP contribution in [0.4, 0.5) is 0 Å². The first-order chi connectivity index (χ1) is 7.54. The van der Waals surface area contributed by atoms with Crippen molar-refractivity contribution in [2.24, 2.45) is 0 Å². The number of hydrogen-bond acceptors (Lipinski definition) is 2. The monoisotopic (exact) mass is 284 g/mol. The largest absolute Gasteiger partial charge is 0.478 e. The Kier molecular flexibility index (Phi) is 4.71. The molecule has 0 atom stereocenters. The predicted molar refractivity (Wildman–Crippen MR) is 66.4 cm³/mol. The van der Waals surface area contributed by atoms with Gasteiger partial charge in [0.2, 0.25) is 0 Å². The number of ether oxygens (including phenoxy) is 1. The molecule has 0 aliphatic heterocycles. The highest BCUT2D eigenvalue weighted by Gasteiger charge is 2.07. The second-order valence-electron chi connectivity index (χ2n) is 3.40. The zero-order valence-electron chi connectivity index (χ0n) is 9.16. The Morgan fingerprint density at radius 3 is 2.81 bits per heavy atom. The summed E-state index contributed by atoms with van der Waals surface area (Å²) in [6, 6.07) is 5.75. The molecule has 0 fully saturated rings. The van der Waals surface area contributed by atoms with Gasteiger partial charge in [0.05, 0.1) is 6.61 Å². The summed E-state index contributed by atoms with van der Waals surface area (Å²) in [6.45, 7) is 2.22. The van der Waals surface area contributed by atoms with Crippen molar-refractivity contribution in [3.8, 4) is 0 Å². The fraction of sp³-hybridized carbons (Fsp3) is 0.250. The Labute approximate surface area is 103 Å². The van der Waals surface area contributed by atoms with Crippen molar-refractivity contribution in [1.29, 1.82) is 0 Å². The Hall–Kier alpha value is -1.13. The van der Waals surface area contributed by atoms with Gasteiger partial charge in [0.15, 0.2) is 0 Å². The Morgan fingerprint density at radius 2 is 2.25 bits per heavy atom. The van der Waals surface area contributed by atoms with Crippen LogP contribution >= 0.6 is 15.9 Å². The summed E-state index contributed by atoms with van der Waals surface area (Å²) in [4.78, 5) is 10.7. The van der Waals surface area contributed by atoms with Crippen LogP contribution in [-0.4, -0.2) is 24.8 Å². The minimum atomic E-state index is -0.966. The van der Waals surface area contributed by atoms with Crippen molar-refractivity contribution in [3.05, 3.63) is 39.9 Å². The van der Waals surface area contributed by atoms with Gasteiger partial charge in [-0.05, 0) is 35.8 Å². The van der Waals surface area contributed by atoms with Gasteiger partial charge in [-0.15, -0.1) is 0 Å². The van der Waals surface area contributed by atoms with E-state index in [4.69, 9.17) is 9.84 Å². The van der Waals surface area contributed by atoms with Gasteiger partial charge in [-0.2, -0.15) is 0 Å². The first-order valence-electron chi connectivity index (χ1n) is 4.73. The van der Waals surface area contributed by atoms with E-state index < -0.39 is 5.97 Å². The van der Waals surface area contributed by atoms with Gasteiger partial charge in [0, 0.05) is 17.7 Å². The molecule has 86 valence electrons. The van der Waals surface area contributed by atoms with E-state index in [-0.39, 0.29) is 6.61 Å². The van der Waals surface area contributed by atoms with Gasteiger partial charge >= 0.3 is 5.97 Å². The number of hydrogen-bond donors (Lipinski definition) is 1. The molecule has 0 saturated carbocycles. The fourth-order valence-corrected chi connectivity index (χ4v) is 1.80. The molecule has 0 aliphatic rings. The SMILES string of the molecule is COC/C(=C\C(=O)O)c1cc(Br)ccc1C. The number of methoxy groups -OCH3 is 1. The van der Waals surface area contributed by atoms with Gasteiger partial charge in [-0.1, -0.05) is 22.0 Å². The standard InChI is InChI=1S/C12H13BrO3/c1-8-3-4-10(13)6-11(8)9(7-16-2)5-12(14)15/h3-6H,7H2,1-2H3,(H,14,15)/b9-5+. The molecule has 1 aromatic rings. The van der Waals surface area contributed by atoms with Crippen LogP contribution in [0.25, 0.3) is 5.57 Å². The van der Waals surface area contributed by atoms with E-state index in [2.05, 4.69) is 15.9 Å². The number of carboxylic acid groups (broad SMARTS) is 1. The molecule has 0 amide bonds. The minimum absolute atomic E-state index is 0.281. The lowest BCUT2D eigenvalue weighted by atomic mass is 10.0. The normalized spacial score (nSPS) is 11.6. The smallest absolute Gasteiger partial charge is 0.328 e. The van der Waals surface area contributed by atoms with Crippen LogP contribution in [0.15, 0.2) is 28.7 Å². The molecule has 3 nitrogen and oxygen atoms in total. The minimum Gasteiger partial charge on any atom is -0.478 e. The van der Waals surface area contributed by atoms with Crippen molar-refractivity contribution in [2.45, 2.75) is 6.92 Å². The van der Waals surface area contributed by atoms with Gasteiger partial charge in [0.1, 0.15) is 0 Å². The number of benzene rings is 1. The Morgan fingerprint density at radius 1 is 1.56 bits per heavy atom. The number of carboxylic acids is 1. The van der Waals surface area contributed by atoms with E-state index in [9.17, 15) is 4.79 Å². The number of halogens is 1. The summed E-state index contributed by atoms with van der Waals surface area (Å²) in [5.74, 6) is -0.966. The molecule has 0 unspecified atom stereocenters. The maximum absolute atomic E-state index is 10.7. The molecular formula is C12H13BrO3. The van der Waals surface area contributed by atoms with Crippen LogP contribution < -0.4 is 0 Å². The highest BCUT2D eigenvalue weighted by molar-refractivity contribution is 9.10. The van der Waals surface area contributed by atoms with Crippen molar-refractivity contribution >= 4 is 27.5 Å². The molecule has 1 rings (SSSR count). The quantitative estimate of drug-likeness (QED) is 0.865. The first-order valence-corrected chi connectivity index (χ1v) is 5.53. The maximum Gasteiger partial charge on any atom is 0.328 e. The van der Waals surface area contributed by atoms with Crippen LogP contribution in [0.2, 0.25) is 0 Å². The molecule has 1 aromatic carbocycles. The molecule has 0 aliphatic carbocycles.